The molecule has 0 spiro atoms. The lowest BCUT2D eigenvalue weighted by atomic mass is 10.0. The first-order valence-electron chi connectivity index (χ1n) is 4.79. The van der Waals surface area contributed by atoms with Gasteiger partial charge in [0.25, 0.3) is 0 Å². The second-order valence-electron chi connectivity index (χ2n) is 4.32. The Kier molecular flexibility index (Phi) is 5.56. The van der Waals surface area contributed by atoms with Crippen LogP contribution in [-0.4, -0.2) is 46.0 Å². The average Bonchev–Trinajstić information content (AvgIpc) is 2.08. The number of hydrogen-bond donors (Lipinski definition) is 3. The molecule has 0 aromatic rings. The van der Waals surface area contributed by atoms with Crippen molar-refractivity contribution in [3.05, 3.63) is 0 Å². The van der Waals surface area contributed by atoms with Gasteiger partial charge in [-0.05, 0) is 27.2 Å². The van der Waals surface area contributed by atoms with Gasteiger partial charge in [0.15, 0.2) is 0 Å². The lowest BCUT2D eigenvalue weighted by Crippen LogP contribution is -2.53. The van der Waals surface area contributed by atoms with Gasteiger partial charge in [0.2, 0.25) is 0 Å². The predicted octanol–water partition coefficient (Wildman–Crippen LogP) is 0.406. The van der Waals surface area contributed by atoms with Crippen molar-refractivity contribution in [2.75, 3.05) is 13.2 Å². The largest absolute Gasteiger partial charge is 0.465 e. The first-order valence-corrected chi connectivity index (χ1v) is 4.79. The Bertz CT molecular complexity index is 203. The van der Waals surface area contributed by atoms with Crippen LogP contribution in [0.15, 0.2) is 0 Å². The Morgan fingerprint density at radius 1 is 1.53 bits per heavy atom. The lowest BCUT2D eigenvalue weighted by molar-refractivity contribution is 0.0267. The summed E-state index contributed by atoms with van der Waals surface area (Å²) in [5.41, 5.74) is -0.562. The third-order valence-electron chi connectivity index (χ3n) is 2.07. The minimum absolute atomic E-state index is 0.213. The van der Waals surface area contributed by atoms with Crippen LogP contribution in [0.2, 0.25) is 0 Å². The summed E-state index contributed by atoms with van der Waals surface area (Å²) in [6.07, 6.45) is -0.685. The van der Waals surface area contributed by atoms with E-state index in [1.54, 1.807) is 20.8 Å². The number of amides is 1. The Morgan fingerprint density at radius 2 is 2.07 bits per heavy atom. The summed E-state index contributed by atoms with van der Waals surface area (Å²) >= 11 is 0. The number of aliphatic hydroxyl groups excluding tert-OH is 1. The Hall–Kier alpha value is -0.850. The van der Waals surface area contributed by atoms with Crippen molar-refractivity contribution in [2.24, 2.45) is 5.90 Å². The molecule has 0 heterocycles. The summed E-state index contributed by atoms with van der Waals surface area (Å²) in [6, 6.07) is -0.494. The standard InChI is InChI=1S/C9H20N2O4/c1-9(2,3)11(8(13)14)7(6-12)4-5-15-10/h7,12H,4-6,10H2,1-3H3,(H,13,14). The van der Waals surface area contributed by atoms with Gasteiger partial charge in [-0.25, -0.2) is 10.7 Å². The van der Waals surface area contributed by atoms with E-state index in [1.165, 1.54) is 4.90 Å². The van der Waals surface area contributed by atoms with Crippen LogP contribution in [0.25, 0.3) is 0 Å². The number of nitrogens with zero attached hydrogens (tertiary/aromatic N) is 1. The number of carboxylic acid groups (broad SMARTS) is 1. The van der Waals surface area contributed by atoms with Crippen LogP contribution in [-0.2, 0) is 4.84 Å². The smallest absolute Gasteiger partial charge is 0.408 e. The van der Waals surface area contributed by atoms with Gasteiger partial charge in [0, 0.05) is 5.54 Å². The highest BCUT2D eigenvalue weighted by Crippen LogP contribution is 2.19. The third kappa shape index (κ3) is 4.46. The highest BCUT2D eigenvalue weighted by atomic mass is 16.6. The van der Waals surface area contributed by atoms with Crippen molar-refractivity contribution in [3.8, 4) is 0 Å². The fourth-order valence-electron chi connectivity index (χ4n) is 1.50. The van der Waals surface area contributed by atoms with E-state index in [-0.39, 0.29) is 13.2 Å². The average molecular weight is 220 g/mol. The highest BCUT2D eigenvalue weighted by molar-refractivity contribution is 5.66. The molecule has 0 aromatic heterocycles. The summed E-state index contributed by atoms with van der Waals surface area (Å²) in [5, 5.41) is 18.2. The molecule has 0 aromatic carbocycles. The van der Waals surface area contributed by atoms with Gasteiger partial charge >= 0.3 is 6.09 Å². The second kappa shape index (κ2) is 5.89. The van der Waals surface area contributed by atoms with E-state index in [0.717, 1.165) is 0 Å². The maximum Gasteiger partial charge on any atom is 0.408 e. The van der Waals surface area contributed by atoms with Crippen LogP contribution in [0.3, 0.4) is 0 Å². The lowest BCUT2D eigenvalue weighted by Gasteiger charge is -2.38. The molecule has 1 amide bonds. The molecule has 0 saturated heterocycles. The maximum atomic E-state index is 11.1. The number of rotatable bonds is 5. The molecule has 4 N–H and O–H groups in total. The van der Waals surface area contributed by atoms with E-state index in [9.17, 15) is 4.79 Å². The van der Waals surface area contributed by atoms with E-state index in [1.807, 2.05) is 0 Å². The molecule has 6 heteroatoms. The topological polar surface area (TPSA) is 96.0 Å². The van der Waals surface area contributed by atoms with Crippen molar-refractivity contribution in [1.82, 2.24) is 4.90 Å². The van der Waals surface area contributed by atoms with Gasteiger partial charge in [0.05, 0.1) is 19.3 Å². The minimum atomic E-state index is -1.06. The highest BCUT2D eigenvalue weighted by Gasteiger charge is 2.32. The number of aliphatic hydroxyl groups is 1. The SMILES string of the molecule is CC(C)(C)N(C(=O)O)C(CO)CCON. The fourth-order valence-corrected chi connectivity index (χ4v) is 1.50. The Morgan fingerprint density at radius 3 is 2.33 bits per heavy atom. The molecule has 0 saturated carbocycles. The first kappa shape index (κ1) is 14.2. The number of nitrogens with two attached hydrogens (primary N) is 1. The van der Waals surface area contributed by atoms with Gasteiger partial charge in [-0.1, -0.05) is 0 Å². The van der Waals surface area contributed by atoms with Crippen molar-refractivity contribution >= 4 is 6.09 Å². The molecule has 0 aliphatic rings. The van der Waals surface area contributed by atoms with Gasteiger partial charge < -0.3 is 15.1 Å². The summed E-state index contributed by atoms with van der Waals surface area (Å²) in [5.74, 6) is 4.87. The molecule has 0 aliphatic carbocycles. The van der Waals surface area contributed by atoms with E-state index in [2.05, 4.69) is 4.84 Å². The maximum absolute atomic E-state index is 11.1. The molecular formula is C9H20N2O4. The van der Waals surface area contributed by atoms with Gasteiger partial charge in [-0.3, -0.25) is 4.90 Å². The number of carbonyl (C=O) groups is 1. The summed E-state index contributed by atoms with van der Waals surface area (Å²) in [7, 11) is 0. The van der Waals surface area contributed by atoms with Crippen LogP contribution in [0.5, 0.6) is 0 Å². The van der Waals surface area contributed by atoms with Crippen LogP contribution < -0.4 is 5.90 Å². The first-order chi connectivity index (χ1) is 6.84. The minimum Gasteiger partial charge on any atom is -0.465 e. The fraction of sp³-hybridized carbons (Fsp3) is 0.889. The molecule has 90 valence electrons. The molecule has 0 fully saturated rings. The molecule has 1 atom stereocenters. The summed E-state index contributed by atoms with van der Waals surface area (Å²) < 4.78 is 0. The van der Waals surface area contributed by atoms with E-state index in [0.29, 0.717) is 6.42 Å². The van der Waals surface area contributed by atoms with Gasteiger partial charge in [-0.2, -0.15) is 0 Å². The van der Waals surface area contributed by atoms with Crippen molar-refractivity contribution in [1.29, 1.82) is 0 Å². The van der Waals surface area contributed by atoms with Crippen LogP contribution in [0.1, 0.15) is 27.2 Å². The molecule has 0 radical (unpaired) electrons. The van der Waals surface area contributed by atoms with Gasteiger partial charge in [-0.15, -0.1) is 0 Å². The monoisotopic (exact) mass is 220 g/mol. The molecular weight excluding hydrogens is 200 g/mol. The van der Waals surface area contributed by atoms with Crippen LogP contribution in [0.4, 0.5) is 4.79 Å². The second-order valence-corrected chi connectivity index (χ2v) is 4.32. The molecule has 0 rings (SSSR count). The third-order valence-corrected chi connectivity index (χ3v) is 2.07. The predicted molar refractivity (Wildman–Crippen MR) is 55.2 cm³/mol. The van der Waals surface area contributed by atoms with Crippen molar-refractivity contribution < 1.29 is 19.8 Å². The van der Waals surface area contributed by atoms with Gasteiger partial charge in [0.1, 0.15) is 0 Å². The van der Waals surface area contributed by atoms with Crippen LogP contribution >= 0.6 is 0 Å². The zero-order valence-corrected chi connectivity index (χ0v) is 9.43. The quantitative estimate of drug-likeness (QED) is 0.583. The van der Waals surface area contributed by atoms with E-state index < -0.39 is 17.7 Å². The van der Waals surface area contributed by atoms with Crippen molar-refractivity contribution in [2.45, 2.75) is 38.8 Å². The molecule has 1 unspecified atom stereocenters. The molecule has 0 aliphatic heterocycles. The Labute approximate surface area is 89.6 Å². The Balaban J connectivity index is 4.64. The zero-order chi connectivity index (χ0) is 12.1. The van der Waals surface area contributed by atoms with Crippen molar-refractivity contribution in [3.63, 3.8) is 0 Å². The van der Waals surface area contributed by atoms with Crippen LogP contribution in [0, 0.1) is 0 Å². The summed E-state index contributed by atoms with van der Waals surface area (Å²) in [6.45, 7) is 5.28. The van der Waals surface area contributed by atoms with E-state index in [4.69, 9.17) is 16.1 Å². The molecule has 6 nitrogen and oxygen atoms in total. The zero-order valence-electron chi connectivity index (χ0n) is 9.43. The summed E-state index contributed by atoms with van der Waals surface area (Å²) in [4.78, 5) is 16.7. The van der Waals surface area contributed by atoms with E-state index >= 15 is 0 Å². The normalized spacial score (nSPS) is 13.7. The molecule has 0 bridgehead atoms. The molecule has 15 heavy (non-hydrogen) atoms. The number of hydrogen-bond acceptors (Lipinski definition) is 4.